The molecule has 0 bridgehead atoms. The molecule has 2 aromatic heterocycles. The molecule has 166 valence electrons. The number of hydrogen-bond donors (Lipinski definition) is 2. The van der Waals surface area contributed by atoms with Crippen LogP contribution < -0.4 is 9.47 Å². The third-order valence-electron chi connectivity index (χ3n) is 4.81. The molecule has 2 atom stereocenters. The van der Waals surface area contributed by atoms with Crippen LogP contribution in [0.2, 0.25) is 0 Å². The fourth-order valence-electron chi connectivity index (χ4n) is 3.42. The van der Waals surface area contributed by atoms with Crippen molar-refractivity contribution in [2.24, 2.45) is 0 Å². The van der Waals surface area contributed by atoms with Crippen LogP contribution in [0.25, 0.3) is 22.1 Å². The predicted octanol–water partition coefficient (Wildman–Crippen LogP) is 3.37. The largest absolute Gasteiger partial charge is 0.497 e. The maximum Gasteiger partial charge on any atom is 0.303 e. The lowest BCUT2D eigenvalue weighted by Crippen LogP contribution is -2.23. The summed E-state index contributed by atoms with van der Waals surface area (Å²) in [5.74, 6) is 0.741. The van der Waals surface area contributed by atoms with Gasteiger partial charge in [-0.05, 0) is 24.3 Å². The van der Waals surface area contributed by atoms with E-state index < -0.39 is 24.1 Å². The number of nitrogens with zero attached hydrogens (tertiary/aromatic N) is 2. The minimum Gasteiger partial charge on any atom is -0.497 e. The van der Waals surface area contributed by atoms with E-state index in [1.165, 1.54) is 13.8 Å². The summed E-state index contributed by atoms with van der Waals surface area (Å²) in [6.07, 6.45) is -2.14. The van der Waals surface area contributed by atoms with Crippen LogP contribution >= 0.6 is 0 Å². The highest BCUT2D eigenvalue weighted by atomic mass is 16.6. The van der Waals surface area contributed by atoms with E-state index in [0.717, 1.165) is 0 Å². The summed E-state index contributed by atoms with van der Waals surface area (Å²) in [5, 5.41) is 0. The molecule has 0 saturated carbocycles. The smallest absolute Gasteiger partial charge is 0.303 e. The molecule has 2 N–H and O–H groups in total. The average molecular weight is 438 g/mol. The molecule has 0 saturated heterocycles. The normalized spacial score (nSPS) is 13.0. The van der Waals surface area contributed by atoms with Gasteiger partial charge in [-0.1, -0.05) is 0 Å². The lowest BCUT2D eigenvalue weighted by molar-refractivity contribution is -0.168. The fourth-order valence-corrected chi connectivity index (χ4v) is 3.42. The molecule has 2 aromatic carbocycles. The zero-order chi connectivity index (χ0) is 22.8. The van der Waals surface area contributed by atoms with E-state index in [-0.39, 0.29) is 0 Å². The summed E-state index contributed by atoms with van der Waals surface area (Å²) in [6.45, 7) is 2.54. The first-order valence-electron chi connectivity index (χ1n) is 9.79. The third-order valence-corrected chi connectivity index (χ3v) is 4.81. The molecule has 0 aliphatic heterocycles. The standard InChI is InChI=1S/C22H22N4O6/c1-11(27)31-19(21-23-15-7-5-13(29-3)9-17(15)25-21)20(32-12(2)28)22-24-16-8-6-14(30-4)10-18(16)26-22/h5-10,19-20H,1-4H3,(H,23,25)(H,24,26)/t19-,20-/m1/s1. The SMILES string of the molecule is COc1ccc2nc([C@H](OC(C)=O)[C@@H](OC(C)=O)c3nc4ccc(OC)cc4[nH]3)[nH]c2c1. The van der Waals surface area contributed by atoms with E-state index in [9.17, 15) is 9.59 Å². The van der Waals surface area contributed by atoms with Crippen LogP contribution in [0.3, 0.4) is 0 Å². The number of rotatable bonds is 7. The number of imidazole rings is 2. The summed E-state index contributed by atoms with van der Waals surface area (Å²) >= 11 is 0. The van der Waals surface area contributed by atoms with Crippen LogP contribution in [-0.2, 0) is 19.1 Å². The molecule has 0 aliphatic carbocycles. The van der Waals surface area contributed by atoms with Gasteiger partial charge < -0.3 is 28.9 Å². The maximum atomic E-state index is 11.9. The molecule has 10 nitrogen and oxygen atoms in total. The van der Waals surface area contributed by atoms with Crippen LogP contribution in [0.4, 0.5) is 0 Å². The summed E-state index contributed by atoms with van der Waals surface area (Å²) in [4.78, 5) is 39.2. The monoisotopic (exact) mass is 438 g/mol. The molecular formula is C22H22N4O6. The number of aromatic nitrogens is 4. The lowest BCUT2D eigenvalue weighted by atomic mass is 10.1. The van der Waals surface area contributed by atoms with Gasteiger partial charge in [0.05, 0.1) is 36.3 Å². The molecule has 0 fully saturated rings. The van der Waals surface area contributed by atoms with Crippen molar-refractivity contribution in [2.45, 2.75) is 26.1 Å². The van der Waals surface area contributed by atoms with Gasteiger partial charge in [-0.2, -0.15) is 0 Å². The van der Waals surface area contributed by atoms with Crippen molar-refractivity contribution < 1.29 is 28.5 Å². The molecule has 4 rings (SSSR count). The van der Waals surface area contributed by atoms with Gasteiger partial charge in [-0.3, -0.25) is 9.59 Å². The zero-order valence-electron chi connectivity index (χ0n) is 18.0. The van der Waals surface area contributed by atoms with Crippen molar-refractivity contribution in [1.82, 2.24) is 19.9 Å². The molecule has 0 unspecified atom stereocenters. The Balaban J connectivity index is 1.82. The van der Waals surface area contributed by atoms with Crippen molar-refractivity contribution in [3.63, 3.8) is 0 Å². The first kappa shape index (κ1) is 21.2. The second-order valence-electron chi connectivity index (χ2n) is 7.07. The topological polar surface area (TPSA) is 128 Å². The molecule has 0 aliphatic rings. The molecule has 0 amide bonds. The molecular weight excluding hydrogens is 416 g/mol. The predicted molar refractivity (Wildman–Crippen MR) is 114 cm³/mol. The average Bonchev–Trinajstić information content (AvgIpc) is 3.38. The molecule has 2 heterocycles. The third kappa shape index (κ3) is 4.20. The number of esters is 2. The van der Waals surface area contributed by atoms with Gasteiger partial charge in [0.1, 0.15) is 11.5 Å². The fraction of sp³-hybridized carbons (Fsp3) is 0.273. The van der Waals surface area contributed by atoms with Crippen molar-refractivity contribution in [3.05, 3.63) is 48.0 Å². The van der Waals surface area contributed by atoms with E-state index in [4.69, 9.17) is 18.9 Å². The number of aromatic amines is 2. The van der Waals surface area contributed by atoms with Gasteiger partial charge in [0.2, 0.25) is 12.2 Å². The van der Waals surface area contributed by atoms with Crippen molar-refractivity contribution in [2.75, 3.05) is 14.2 Å². The van der Waals surface area contributed by atoms with E-state index >= 15 is 0 Å². The molecule has 4 aromatic rings. The first-order valence-corrected chi connectivity index (χ1v) is 9.79. The Hall–Kier alpha value is -4.08. The van der Waals surface area contributed by atoms with Crippen molar-refractivity contribution >= 4 is 34.0 Å². The van der Waals surface area contributed by atoms with Gasteiger partial charge in [-0.15, -0.1) is 0 Å². The van der Waals surface area contributed by atoms with E-state index in [0.29, 0.717) is 45.2 Å². The number of carbonyl (C=O) groups is 2. The second kappa shape index (κ2) is 8.58. The number of H-pyrrole nitrogens is 2. The Bertz CT molecular complexity index is 1190. The summed E-state index contributed by atoms with van der Waals surface area (Å²) < 4.78 is 21.6. The van der Waals surface area contributed by atoms with E-state index in [1.54, 1.807) is 50.6 Å². The zero-order valence-corrected chi connectivity index (χ0v) is 18.0. The van der Waals surface area contributed by atoms with Gasteiger partial charge in [-0.25, -0.2) is 9.97 Å². The molecule has 32 heavy (non-hydrogen) atoms. The molecule has 10 heteroatoms. The Morgan fingerprint density at radius 3 is 1.50 bits per heavy atom. The number of nitrogens with one attached hydrogen (secondary N) is 2. The number of hydrogen-bond acceptors (Lipinski definition) is 8. The Morgan fingerprint density at radius 2 is 1.16 bits per heavy atom. The highest BCUT2D eigenvalue weighted by Gasteiger charge is 2.35. The summed E-state index contributed by atoms with van der Waals surface area (Å²) in [7, 11) is 3.13. The van der Waals surface area contributed by atoms with E-state index in [2.05, 4.69) is 19.9 Å². The van der Waals surface area contributed by atoms with Crippen LogP contribution in [-0.4, -0.2) is 46.1 Å². The van der Waals surface area contributed by atoms with Gasteiger partial charge >= 0.3 is 11.9 Å². The highest BCUT2D eigenvalue weighted by molar-refractivity contribution is 5.78. The lowest BCUT2D eigenvalue weighted by Gasteiger charge is -2.23. The number of benzene rings is 2. The highest BCUT2D eigenvalue weighted by Crippen LogP contribution is 2.35. The van der Waals surface area contributed by atoms with Crippen molar-refractivity contribution in [3.8, 4) is 11.5 Å². The van der Waals surface area contributed by atoms with Gasteiger partial charge in [0, 0.05) is 26.0 Å². The number of fused-ring (bicyclic) bond motifs is 2. The Morgan fingerprint density at radius 1 is 0.750 bits per heavy atom. The summed E-state index contributed by atoms with van der Waals surface area (Å²) in [5.41, 5.74) is 2.61. The quantitative estimate of drug-likeness (QED) is 0.420. The van der Waals surface area contributed by atoms with Crippen molar-refractivity contribution in [1.29, 1.82) is 0 Å². The van der Waals surface area contributed by atoms with Gasteiger partial charge in [0.15, 0.2) is 11.6 Å². The number of carbonyl (C=O) groups excluding carboxylic acids is 2. The maximum absolute atomic E-state index is 11.9. The molecule has 0 spiro atoms. The van der Waals surface area contributed by atoms with Crippen LogP contribution in [0.5, 0.6) is 11.5 Å². The molecule has 0 radical (unpaired) electrons. The van der Waals surface area contributed by atoms with Crippen LogP contribution in [0.15, 0.2) is 36.4 Å². The Labute approximate surface area is 182 Å². The first-order chi connectivity index (χ1) is 15.4. The second-order valence-corrected chi connectivity index (χ2v) is 7.07. The van der Waals surface area contributed by atoms with Gasteiger partial charge in [0.25, 0.3) is 0 Å². The van der Waals surface area contributed by atoms with Crippen LogP contribution in [0.1, 0.15) is 37.7 Å². The minimum absolute atomic E-state index is 0.299. The number of ether oxygens (including phenoxy) is 4. The summed E-state index contributed by atoms with van der Waals surface area (Å²) in [6, 6.07) is 10.6. The number of methoxy groups -OCH3 is 2. The van der Waals surface area contributed by atoms with Crippen LogP contribution in [0, 0.1) is 0 Å². The minimum atomic E-state index is -1.07. The Kier molecular flexibility index (Phi) is 5.67. The van der Waals surface area contributed by atoms with E-state index in [1.807, 2.05) is 0 Å².